The van der Waals surface area contributed by atoms with Gasteiger partial charge in [-0.1, -0.05) is 43.7 Å². The predicted molar refractivity (Wildman–Crippen MR) is 100 cm³/mol. The van der Waals surface area contributed by atoms with E-state index in [0.29, 0.717) is 18.9 Å². The van der Waals surface area contributed by atoms with E-state index >= 15 is 0 Å². The smallest absolute Gasteiger partial charge is 0.216 e. The molecule has 1 aromatic carbocycles. The molecule has 0 unspecified atom stereocenters. The van der Waals surface area contributed by atoms with Crippen LogP contribution in [0.2, 0.25) is 0 Å². The highest BCUT2D eigenvalue weighted by molar-refractivity contribution is 5.89. The van der Waals surface area contributed by atoms with Gasteiger partial charge in [0, 0.05) is 31.3 Å². The number of benzene rings is 1. The SMILES string of the molecule is CCCc1cc2c(NCCNC(C)=O)nc(-c3ccccc3)nc2[nH]1. The number of anilines is 1. The molecule has 0 aliphatic heterocycles. The number of aryl methyl sites for hydroxylation is 1. The van der Waals surface area contributed by atoms with Crippen LogP contribution in [-0.4, -0.2) is 33.9 Å². The highest BCUT2D eigenvalue weighted by Crippen LogP contribution is 2.26. The van der Waals surface area contributed by atoms with E-state index in [2.05, 4.69) is 33.6 Å². The molecule has 0 saturated heterocycles. The minimum atomic E-state index is -0.0357. The molecule has 0 aliphatic rings. The molecule has 0 aliphatic carbocycles. The average Bonchev–Trinajstić information content (AvgIpc) is 3.02. The topological polar surface area (TPSA) is 82.7 Å². The quantitative estimate of drug-likeness (QED) is 0.579. The van der Waals surface area contributed by atoms with E-state index in [9.17, 15) is 4.79 Å². The third-order valence-corrected chi connectivity index (χ3v) is 3.89. The first-order valence-corrected chi connectivity index (χ1v) is 8.60. The molecule has 130 valence electrons. The fraction of sp³-hybridized carbons (Fsp3) is 0.316. The third kappa shape index (κ3) is 4.15. The predicted octanol–water partition coefficient (Wildman–Crippen LogP) is 3.13. The van der Waals surface area contributed by atoms with Gasteiger partial charge in [-0.3, -0.25) is 4.79 Å². The Morgan fingerprint density at radius 2 is 1.96 bits per heavy atom. The Morgan fingerprint density at radius 1 is 1.16 bits per heavy atom. The molecule has 25 heavy (non-hydrogen) atoms. The summed E-state index contributed by atoms with van der Waals surface area (Å²) in [5.41, 5.74) is 2.96. The Balaban J connectivity index is 1.94. The van der Waals surface area contributed by atoms with E-state index in [4.69, 9.17) is 4.98 Å². The number of carbonyl (C=O) groups excluding carboxylic acids is 1. The zero-order valence-corrected chi connectivity index (χ0v) is 14.6. The highest BCUT2D eigenvalue weighted by atomic mass is 16.1. The Bertz CT molecular complexity index is 857. The fourth-order valence-electron chi connectivity index (χ4n) is 2.74. The van der Waals surface area contributed by atoms with E-state index in [0.717, 1.165) is 41.0 Å². The zero-order chi connectivity index (χ0) is 17.6. The van der Waals surface area contributed by atoms with Gasteiger partial charge in [-0.2, -0.15) is 0 Å². The molecule has 2 heterocycles. The zero-order valence-electron chi connectivity index (χ0n) is 14.6. The molecule has 6 heteroatoms. The summed E-state index contributed by atoms with van der Waals surface area (Å²) in [6, 6.07) is 12.0. The van der Waals surface area contributed by atoms with E-state index in [1.54, 1.807) is 0 Å². The maximum atomic E-state index is 11.0. The first-order chi connectivity index (χ1) is 12.2. The average molecular weight is 337 g/mol. The summed E-state index contributed by atoms with van der Waals surface area (Å²) in [5.74, 6) is 1.43. The molecular formula is C19H23N5O. The van der Waals surface area contributed by atoms with Crippen molar-refractivity contribution in [2.45, 2.75) is 26.7 Å². The highest BCUT2D eigenvalue weighted by Gasteiger charge is 2.12. The number of aromatic amines is 1. The van der Waals surface area contributed by atoms with Crippen molar-refractivity contribution < 1.29 is 4.79 Å². The van der Waals surface area contributed by atoms with Crippen LogP contribution in [0, 0.1) is 0 Å². The fourth-order valence-corrected chi connectivity index (χ4v) is 2.74. The first-order valence-electron chi connectivity index (χ1n) is 8.60. The second-order valence-corrected chi connectivity index (χ2v) is 5.98. The lowest BCUT2D eigenvalue weighted by Gasteiger charge is -2.09. The van der Waals surface area contributed by atoms with Crippen LogP contribution < -0.4 is 10.6 Å². The largest absolute Gasteiger partial charge is 0.368 e. The molecule has 0 fully saturated rings. The molecule has 3 aromatic rings. The minimum Gasteiger partial charge on any atom is -0.368 e. The van der Waals surface area contributed by atoms with Gasteiger partial charge in [0.25, 0.3) is 0 Å². The Labute approximate surface area is 147 Å². The van der Waals surface area contributed by atoms with E-state index in [1.165, 1.54) is 6.92 Å². The molecule has 0 spiro atoms. The van der Waals surface area contributed by atoms with Gasteiger partial charge < -0.3 is 15.6 Å². The lowest BCUT2D eigenvalue weighted by molar-refractivity contribution is -0.118. The van der Waals surface area contributed by atoms with Gasteiger partial charge >= 0.3 is 0 Å². The standard InChI is InChI=1S/C19H23N5O/c1-3-7-15-12-16-18(21-11-10-20-13(2)25)23-17(24-19(16)22-15)14-8-5-4-6-9-14/h4-6,8-9,12H,3,7,10-11H2,1-2H3,(H,20,25)(H2,21,22,23,24). The Kier molecular flexibility index (Phi) is 5.28. The number of H-pyrrole nitrogens is 1. The molecule has 6 nitrogen and oxygen atoms in total. The van der Waals surface area contributed by atoms with Gasteiger partial charge in [0.2, 0.25) is 5.91 Å². The molecule has 0 bridgehead atoms. The van der Waals surface area contributed by atoms with Crippen molar-refractivity contribution in [3.8, 4) is 11.4 Å². The number of hydrogen-bond donors (Lipinski definition) is 3. The molecule has 0 radical (unpaired) electrons. The van der Waals surface area contributed by atoms with Gasteiger partial charge in [0.1, 0.15) is 11.5 Å². The van der Waals surface area contributed by atoms with Gasteiger partial charge in [-0.05, 0) is 12.5 Å². The van der Waals surface area contributed by atoms with Crippen LogP contribution >= 0.6 is 0 Å². The van der Waals surface area contributed by atoms with Crippen molar-refractivity contribution in [2.24, 2.45) is 0 Å². The number of nitrogens with one attached hydrogen (secondary N) is 3. The van der Waals surface area contributed by atoms with Crippen LogP contribution in [0.25, 0.3) is 22.4 Å². The summed E-state index contributed by atoms with van der Waals surface area (Å²) in [7, 11) is 0. The summed E-state index contributed by atoms with van der Waals surface area (Å²) in [6.45, 7) is 4.82. The van der Waals surface area contributed by atoms with E-state index in [-0.39, 0.29) is 5.91 Å². The second kappa shape index (κ2) is 7.79. The van der Waals surface area contributed by atoms with Crippen LogP contribution in [0.1, 0.15) is 26.0 Å². The summed E-state index contributed by atoms with van der Waals surface area (Å²) < 4.78 is 0. The summed E-state index contributed by atoms with van der Waals surface area (Å²) in [5, 5.41) is 7.08. The van der Waals surface area contributed by atoms with Crippen molar-refractivity contribution in [1.82, 2.24) is 20.3 Å². The summed E-state index contributed by atoms with van der Waals surface area (Å²) in [6.07, 6.45) is 2.04. The lowest BCUT2D eigenvalue weighted by atomic mass is 10.2. The summed E-state index contributed by atoms with van der Waals surface area (Å²) >= 11 is 0. The maximum absolute atomic E-state index is 11.0. The number of fused-ring (bicyclic) bond motifs is 1. The molecule has 3 rings (SSSR count). The van der Waals surface area contributed by atoms with Gasteiger partial charge in [0.05, 0.1) is 5.39 Å². The molecular weight excluding hydrogens is 314 g/mol. The van der Waals surface area contributed by atoms with E-state index < -0.39 is 0 Å². The first kappa shape index (κ1) is 17.0. The molecule has 2 aromatic heterocycles. The van der Waals surface area contributed by atoms with Crippen LogP contribution in [0.5, 0.6) is 0 Å². The van der Waals surface area contributed by atoms with Crippen molar-refractivity contribution in [3.05, 3.63) is 42.1 Å². The van der Waals surface area contributed by atoms with Crippen molar-refractivity contribution in [2.75, 3.05) is 18.4 Å². The Morgan fingerprint density at radius 3 is 2.68 bits per heavy atom. The third-order valence-electron chi connectivity index (χ3n) is 3.89. The molecule has 0 saturated carbocycles. The van der Waals surface area contributed by atoms with Gasteiger partial charge in [-0.15, -0.1) is 0 Å². The number of nitrogens with zero attached hydrogens (tertiary/aromatic N) is 2. The number of rotatable bonds is 7. The van der Waals surface area contributed by atoms with Gasteiger partial charge in [0.15, 0.2) is 5.82 Å². The molecule has 0 atom stereocenters. The number of carbonyl (C=O) groups is 1. The normalized spacial score (nSPS) is 10.8. The molecule has 1 amide bonds. The van der Waals surface area contributed by atoms with Gasteiger partial charge in [-0.25, -0.2) is 9.97 Å². The van der Waals surface area contributed by atoms with Crippen molar-refractivity contribution in [3.63, 3.8) is 0 Å². The lowest BCUT2D eigenvalue weighted by Crippen LogP contribution is -2.26. The number of amides is 1. The number of aromatic nitrogens is 3. The number of hydrogen-bond acceptors (Lipinski definition) is 4. The molecule has 3 N–H and O–H groups in total. The minimum absolute atomic E-state index is 0.0357. The summed E-state index contributed by atoms with van der Waals surface area (Å²) in [4.78, 5) is 23.8. The maximum Gasteiger partial charge on any atom is 0.216 e. The van der Waals surface area contributed by atoms with E-state index in [1.807, 2.05) is 30.3 Å². The van der Waals surface area contributed by atoms with Crippen molar-refractivity contribution in [1.29, 1.82) is 0 Å². The second-order valence-electron chi connectivity index (χ2n) is 5.98. The van der Waals surface area contributed by atoms with Crippen LogP contribution in [0.4, 0.5) is 5.82 Å². The van der Waals surface area contributed by atoms with Crippen LogP contribution in [0.15, 0.2) is 36.4 Å². The Hall–Kier alpha value is -2.89. The van der Waals surface area contributed by atoms with Crippen LogP contribution in [-0.2, 0) is 11.2 Å². The van der Waals surface area contributed by atoms with Crippen molar-refractivity contribution >= 4 is 22.8 Å². The van der Waals surface area contributed by atoms with Crippen LogP contribution in [0.3, 0.4) is 0 Å². The monoisotopic (exact) mass is 337 g/mol.